The lowest BCUT2D eigenvalue weighted by atomic mass is 10.1. The molecule has 0 bridgehead atoms. The number of nitrogens with zero attached hydrogens (tertiary/aromatic N) is 1. The van der Waals surface area contributed by atoms with E-state index in [2.05, 4.69) is 5.32 Å². The summed E-state index contributed by atoms with van der Waals surface area (Å²) in [5.41, 5.74) is 1.43. The summed E-state index contributed by atoms with van der Waals surface area (Å²) in [4.78, 5) is 24.7. The second kappa shape index (κ2) is 10.5. The van der Waals surface area contributed by atoms with Gasteiger partial charge in [-0.1, -0.05) is 18.2 Å². The molecule has 3 aromatic carbocycles. The van der Waals surface area contributed by atoms with E-state index in [1.54, 1.807) is 79.9 Å². The minimum Gasteiger partial charge on any atom is -0.497 e. The van der Waals surface area contributed by atoms with Crippen LogP contribution in [0, 0.1) is 11.3 Å². The Morgan fingerprint density at radius 2 is 1.53 bits per heavy atom. The second-order valence-electron chi connectivity index (χ2n) is 6.54. The molecule has 0 saturated heterocycles. The van der Waals surface area contributed by atoms with Crippen LogP contribution in [0.4, 0.5) is 5.69 Å². The van der Waals surface area contributed by atoms with Crippen LogP contribution in [0.3, 0.4) is 0 Å². The van der Waals surface area contributed by atoms with E-state index >= 15 is 0 Å². The number of benzene rings is 3. The van der Waals surface area contributed by atoms with E-state index in [0.717, 1.165) is 0 Å². The van der Waals surface area contributed by atoms with Crippen molar-refractivity contribution in [1.82, 2.24) is 0 Å². The molecule has 3 aromatic rings. The molecule has 0 unspecified atom stereocenters. The monoisotopic (exact) mass is 428 g/mol. The summed E-state index contributed by atoms with van der Waals surface area (Å²) in [6.45, 7) is 0. The Morgan fingerprint density at radius 1 is 0.875 bits per heavy atom. The number of nitriles is 1. The van der Waals surface area contributed by atoms with Crippen LogP contribution in [0.5, 0.6) is 17.2 Å². The number of amides is 1. The van der Waals surface area contributed by atoms with Crippen molar-refractivity contribution >= 4 is 23.6 Å². The van der Waals surface area contributed by atoms with Crippen molar-refractivity contribution in [3.05, 3.63) is 89.5 Å². The number of carbonyl (C=O) groups excluding carboxylic acids is 2. The molecule has 0 fully saturated rings. The highest BCUT2D eigenvalue weighted by molar-refractivity contribution is 6.09. The van der Waals surface area contributed by atoms with E-state index < -0.39 is 11.9 Å². The van der Waals surface area contributed by atoms with Gasteiger partial charge in [-0.3, -0.25) is 4.79 Å². The van der Waals surface area contributed by atoms with Crippen molar-refractivity contribution in [3.8, 4) is 23.3 Å². The number of hydrogen-bond acceptors (Lipinski definition) is 6. The summed E-state index contributed by atoms with van der Waals surface area (Å²) < 4.78 is 15.5. The van der Waals surface area contributed by atoms with Crippen LogP contribution in [0.1, 0.15) is 15.9 Å². The number of rotatable bonds is 7. The third-order valence-electron chi connectivity index (χ3n) is 4.42. The van der Waals surface area contributed by atoms with Crippen LogP contribution in [-0.4, -0.2) is 26.1 Å². The number of nitrogens with one attached hydrogen (secondary N) is 1. The molecule has 0 aliphatic heterocycles. The molecule has 0 heterocycles. The average Bonchev–Trinajstić information content (AvgIpc) is 2.83. The van der Waals surface area contributed by atoms with Crippen LogP contribution >= 0.6 is 0 Å². The first-order valence-corrected chi connectivity index (χ1v) is 9.56. The zero-order valence-corrected chi connectivity index (χ0v) is 17.5. The minimum absolute atomic E-state index is 0.0733. The minimum atomic E-state index is -0.546. The van der Waals surface area contributed by atoms with Gasteiger partial charge >= 0.3 is 5.97 Å². The molecule has 32 heavy (non-hydrogen) atoms. The first-order chi connectivity index (χ1) is 15.5. The third-order valence-corrected chi connectivity index (χ3v) is 4.42. The highest BCUT2D eigenvalue weighted by atomic mass is 16.5. The van der Waals surface area contributed by atoms with E-state index in [9.17, 15) is 14.9 Å². The van der Waals surface area contributed by atoms with Crippen LogP contribution in [0.15, 0.2) is 78.4 Å². The molecule has 160 valence electrons. The van der Waals surface area contributed by atoms with Crippen LogP contribution < -0.4 is 19.5 Å². The van der Waals surface area contributed by atoms with E-state index in [1.165, 1.54) is 13.2 Å². The summed E-state index contributed by atoms with van der Waals surface area (Å²) >= 11 is 0. The van der Waals surface area contributed by atoms with E-state index in [-0.39, 0.29) is 5.57 Å². The van der Waals surface area contributed by atoms with Crippen LogP contribution in [-0.2, 0) is 4.79 Å². The topological polar surface area (TPSA) is 97.7 Å². The van der Waals surface area contributed by atoms with Crippen LogP contribution in [0.2, 0.25) is 0 Å². The maximum atomic E-state index is 12.4. The fourth-order valence-electron chi connectivity index (χ4n) is 2.74. The molecule has 0 aliphatic rings. The Balaban J connectivity index is 1.67. The van der Waals surface area contributed by atoms with Crippen molar-refractivity contribution in [3.63, 3.8) is 0 Å². The Labute approximate surface area is 185 Å². The summed E-state index contributed by atoms with van der Waals surface area (Å²) in [6.07, 6.45) is 1.45. The first kappa shape index (κ1) is 22.1. The summed E-state index contributed by atoms with van der Waals surface area (Å²) in [6, 6.07) is 21.8. The van der Waals surface area contributed by atoms with Crippen molar-refractivity contribution in [2.75, 3.05) is 19.5 Å². The van der Waals surface area contributed by atoms with Gasteiger partial charge in [-0.2, -0.15) is 5.26 Å². The predicted molar refractivity (Wildman–Crippen MR) is 120 cm³/mol. The maximum absolute atomic E-state index is 12.4. The van der Waals surface area contributed by atoms with Gasteiger partial charge in [0, 0.05) is 11.8 Å². The SMILES string of the molecule is COc1ccc(C(=O)Oc2ccc(/C=C(\C#N)C(=O)Nc3cccc(OC)c3)cc2)cc1. The summed E-state index contributed by atoms with van der Waals surface area (Å²) in [5, 5.41) is 12.1. The predicted octanol–water partition coefficient (Wildman–Crippen LogP) is 4.47. The molecule has 0 saturated carbocycles. The molecular weight excluding hydrogens is 408 g/mol. The molecule has 0 radical (unpaired) electrons. The summed E-state index contributed by atoms with van der Waals surface area (Å²) in [7, 11) is 3.07. The molecule has 0 aromatic heterocycles. The van der Waals surface area contributed by atoms with E-state index in [4.69, 9.17) is 14.2 Å². The molecule has 3 rings (SSSR count). The number of carbonyl (C=O) groups is 2. The number of methoxy groups -OCH3 is 2. The summed E-state index contributed by atoms with van der Waals surface area (Å²) in [5.74, 6) is 0.510. The lowest BCUT2D eigenvalue weighted by molar-refractivity contribution is -0.112. The van der Waals surface area contributed by atoms with Crippen molar-refractivity contribution in [1.29, 1.82) is 5.26 Å². The van der Waals surface area contributed by atoms with Crippen LogP contribution in [0.25, 0.3) is 6.08 Å². The molecule has 7 nitrogen and oxygen atoms in total. The third kappa shape index (κ3) is 5.74. The molecule has 7 heteroatoms. The fraction of sp³-hybridized carbons (Fsp3) is 0.0800. The fourth-order valence-corrected chi connectivity index (χ4v) is 2.74. The van der Waals surface area contributed by atoms with Gasteiger partial charge in [-0.25, -0.2) is 4.79 Å². The van der Waals surface area contributed by atoms with Gasteiger partial charge in [-0.05, 0) is 60.2 Å². The van der Waals surface area contributed by atoms with Gasteiger partial charge < -0.3 is 19.5 Å². The average molecular weight is 428 g/mol. The van der Waals surface area contributed by atoms with Crippen molar-refractivity contribution < 1.29 is 23.8 Å². The van der Waals surface area contributed by atoms with Gasteiger partial charge in [0.1, 0.15) is 28.9 Å². The Hall–Kier alpha value is -4.57. The Kier molecular flexibility index (Phi) is 7.23. The van der Waals surface area contributed by atoms with Gasteiger partial charge in [0.15, 0.2) is 0 Å². The standard InChI is InChI=1S/C25H20N2O5/c1-30-21-12-8-18(9-13-21)25(29)32-22-10-6-17(7-11-22)14-19(16-26)24(28)27-20-4-3-5-23(15-20)31-2/h3-15H,1-2H3,(H,27,28)/b19-14+. The Bertz CT molecular complexity index is 1180. The zero-order chi connectivity index (χ0) is 22.9. The van der Waals surface area contributed by atoms with E-state index in [0.29, 0.717) is 34.1 Å². The molecular formula is C25H20N2O5. The number of anilines is 1. The van der Waals surface area contributed by atoms with Gasteiger partial charge in [-0.15, -0.1) is 0 Å². The molecule has 1 N–H and O–H groups in total. The molecule has 0 spiro atoms. The highest BCUT2D eigenvalue weighted by Gasteiger charge is 2.11. The molecule has 0 atom stereocenters. The molecule has 1 amide bonds. The lowest BCUT2D eigenvalue weighted by Crippen LogP contribution is -2.13. The van der Waals surface area contributed by atoms with Crippen molar-refractivity contribution in [2.45, 2.75) is 0 Å². The Morgan fingerprint density at radius 3 is 2.16 bits per heavy atom. The van der Waals surface area contributed by atoms with E-state index in [1.807, 2.05) is 6.07 Å². The second-order valence-corrected chi connectivity index (χ2v) is 6.54. The maximum Gasteiger partial charge on any atom is 0.343 e. The smallest absolute Gasteiger partial charge is 0.343 e. The highest BCUT2D eigenvalue weighted by Crippen LogP contribution is 2.20. The normalized spacial score (nSPS) is 10.6. The number of ether oxygens (including phenoxy) is 3. The quantitative estimate of drug-likeness (QED) is 0.258. The number of esters is 1. The first-order valence-electron chi connectivity index (χ1n) is 9.56. The molecule has 0 aliphatic carbocycles. The van der Waals surface area contributed by atoms with Gasteiger partial charge in [0.25, 0.3) is 5.91 Å². The zero-order valence-electron chi connectivity index (χ0n) is 17.5. The largest absolute Gasteiger partial charge is 0.497 e. The number of hydrogen-bond donors (Lipinski definition) is 1. The van der Waals surface area contributed by atoms with Gasteiger partial charge in [0.05, 0.1) is 19.8 Å². The van der Waals surface area contributed by atoms with Gasteiger partial charge in [0.2, 0.25) is 0 Å². The van der Waals surface area contributed by atoms with Crippen molar-refractivity contribution in [2.24, 2.45) is 0 Å². The lowest BCUT2D eigenvalue weighted by Gasteiger charge is -2.07.